The second kappa shape index (κ2) is 4.67. The maximum Gasteiger partial charge on any atom is 0.126 e. The van der Waals surface area contributed by atoms with Crippen LogP contribution in [0.1, 0.15) is 23.5 Å². The monoisotopic (exact) mass is 257 g/mol. The van der Waals surface area contributed by atoms with Crippen LogP contribution in [0.15, 0.2) is 36.4 Å². The van der Waals surface area contributed by atoms with Crippen molar-refractivity contribution in [3.8, 4) is 16.9 Å². The lowest BCUT2D eigenvalue weighted by molar-refractivity contribution is 0.416. The highest BCUT2D eigenvalue weighted by Gasteiger charge is 2.30. The Labute approximate surface area is 112 Å². The predicted octanol–water partition coefficient (Wildman–Crippen LogP) is 3.30. The summed E-state index contributed by atoms with van der Waals surface area (Å²) in [5, 5.41) is 0. The molecule has 0 saturated heterocycles. The molecular formula is C16H16FNO. The van der Waals surface area contributed by atoms with Crippen LogP contribution in [0, 0.1) is 5.82 Å². The maximum absolute atomic E-state index is 13.5. The average molecular weight is 257 g/mol. The van der Waals surface area contributed by atoms with Gasteiger partial charge in [0.25, 0.3) is 0 Å². The first-order chi connectivity index (χ1) is 9.26. The van der Waals surface area contributed by atoms with E-state index in [1.807, 2.05) is 18.2 Å². The van der Waals surface area contributed by atoms with Gasteiger partial charge in [0.2, 0.25) is 0 Å². The molecule has 3 heteroatoms. The van der Waals surface area contributed by atoms with Crippen molar-refractivity contribution >= 4 is 0 Å². The van der Waals surface area contributed by atoms with Crippen molar-refractivity contribution in [3.05, 3.63) is 53.3 Å². The Bertz CT molecular complexity index is 622. The quantitative estimate of drug-likeness (QED) is 0.915. The molecule has 1 atom stereocenters. The summed E-state index contributed by atoms with van der Waals surface area (Å²) in [6.07, 6.45) is 0.816. The zero-order valence-electron chi connectivity index (χ0n) is 10.8. The van der Waals surface area contributed by atoms with Gasteiger partial charge in [-0.2, -0.15) is 0 Å². The molecule has 0 heterocycles. The lowest BCUT2D eigenvalue weighted by Gasteiger charge is -2.12. The van der Waals surface area contributed by atoms with Crippen molar-refractivity contribution in [3.63, 3.8) is 0 Å². The summed E-state index contributed by atoms with van der Waals surface area (Å²) < 4.78 is 19.0. The first-order valence-electron chi connectivity index (χ1n) is 6.43. The largest absolute Gasteiger partial charge is 0.496 e. The van der Waals surface area contributed by atoms with E-state index in [0.29, 0.717) is 6.54 Å². The predicted molar refractivity (Wildman–Crippen MR) is 73.9 cm³/mol. The fourth-order valence-electron chi connectivity index (χ4n) is 2.99. The highest BCUT2D eigenvalue weighted by Crippen LogP contribution is 2.50. The van der Waals surface area contributed by atoms with Gasteiger partial charge >= 0.3 is 0 Å². The van der Waals surface area contributed by atoms with Gasteiger partial charge < -0.3 is 10.5 Å². The fraction of sp³-hybridized carbons (Fsp3) is 0.250. The highest BCUT2D eigenvalue weighted by atomic mass is 19.1. The second-order valence-corrected chi connectivity index (χ2v) is 4.79. The van der Waals surface area contributed by atoms with Crippen molar-refractivity contribution in [2.75, 3.05) is 13.7 Å². The molecule has 2 N–H and O–H groups in total. The Balaban J connectivity index is 2.26. The van der Waals surface area contributed by atoms with E-state index >= 15 is 0 Å². The zero-order valence-corrected chi connectivity index (χ0v) is 10.8. The highest BCUT2D eigenvalue weighted by molar-refractivity contribution is 5.83. The third-order valence-corrected chi connectivity index (χ3v) is 3.77. The summed E-state index contributed by atoms with van der Waals surface area (Å²) in [6, 6.07) is 11.0. The molecule has 0 saturated carbocycles. The van der Waals surface area contributed by atoms with E-state index in [0.717, 1.165) is 28.9 Å². The van der Waals surface area contributed by atoms with E-state index in [-0.39, 0.29) is 11.7 Å². The van der Waals surface area contributed by atoms with E-state index in [4.69, 9.17) is 10.5 Å². The number of hydrogen-bond donors (Lipinski definition) is 1. The second-order valence-electron chi connectivity index (χ2n) is 4.79. The third-order valence-electron chi connectivity index (χ3n) is 3.77. The number of hydrogen-bond acceptors (Lipinski definition) is 2. The van der Waals surface area contributed by atoms with Gasteiger partial charge in [-0.3, -0.25) is 0 Å². The standard InChI is InChI=1S/C16H16FNO/c1-19-15-4-2-3-12-11(7-8-18)14-9-10(17)5-6-13(14)16(12)15/h2-6,9,11H,7-8,18H2,1H3. The molecule has 19 heavy (non-hydrogen) atoms. The molecule has 0 bridgehead atoms. The number of methoxy groups -OCH3 is 1. The first-order valence-corrected chi connectivity index (χ1v) is 6.43. The molecule has 3 rings (SSSR count). The van der Waals surface area contributed by atoms with Gasteiger partial charge in [-0.05, 0) is 47.9 Å². The number of nitrogens with two attached hydrogens (primary N) is 1. The van der Waals surface area contributed by atoms with Crippen LogP contribution in [0.2, 0.25) is 0 Å². The van der Waals surface area contributed by atoms with Crippen LogP contribution < -0.4 is 10.5 Å². The van der Waals surface area contributed by atoms with Crippen molar-refractivity contribution in [1.82, 2.24) is 0 Å². The zero-order chi connectivity index (χ0) is 13.4. The van der Waals surface area contributed by atoms with E-state index in [1.165, 1.54) is 11.6 Å². The van der Waals surface area contributed by atoms with Crippen LogP contribution >= 0.6 is 0 Å². The van der Waals surface area contributed by atoms with Crippen LogP contribution in [0.5, 0.6) is 5.75 Å². The smallest absolute Gasteiger partial charge is 0.126 e. The number of fused-ring (bicyclic) bond motifs is 3. The Morgan fingerprint density at radius 2 is 2.05 bits per heavy atom. The van der Waals surface area contributed by atoms with Gasteiger partial charge in [0.05, 0.1) is 7.11 Å². The van der Waals surface area contributed by atoms with Crippen molar-refractivity contribution in [2.24, 2.45) is 5.73 Å². The molecule has 1 aliphatic rings. The van der Waals surface area contributed by atoms with Crippen LogP contribution in [-0.4, -0.2) is 13.7 Å². The molecule has 0 radical (unpaired) electrons. The van der Waals surface area contributed by atoms with Crippen LogP contribution in [0.3, 0.4) is 0 Å². The molecule has 2 aromatic carbocycles. The summed E-state index contributed by atoms with van der Waals surface area (Å²) in [7, 11) is 1.66. The fourth-order valence-corrected chi connectivity index (χ4v) is 2.99. The van der Waals surface area contributed by atoms with Crippen molar-refractivity contribution < 1.29 is 9.13 Å². The van der Waals surface area contributed by atoms with E-state index < -0.39 is 0 Å². The maximum atomic E-state index is 13.5. The SMILES string of the molecule is COc1cccc2c1-c1ccc(F)cc1C2CCN. The Kier molecular flexibility index (Phi) is 2.99. The first kappa shape index (κ1) is 12.2. The normalized spacial score (nSPS) is 16.1. The summed E-state index contributed by atoms with van der Waals surface area (Å²) >= 11 is 0. The average Bonchev–Trinajstić information content (AvgIpc) is 2.73. The molecular weight excluding hydrogens is 241 g/mol. The number of halogens is 1. The molecule has 98 valence electrons. The molecule has 0 fully saturated rings. The lowest BCUT2D eigenvalue weighted by atomic mass is 9.93. The molecule has 0 spiro atoms. The topological polar surface area (TPSA) is 35.2 Å². The summed E-state index contributed by atoms with van der Waals surface area (Å²) in [5.41, 5.74) is 10.1. The number of rotatable bonds is 3. The van der Waals surface area contributed by atoms with Gasteiger partial charge in [0, 0.05) is 11.5 Å². The van der Waals surface area contributed by atoms with Crippen molar-refractivity contribution in [1.29, 1.82) is 0 Å². The molecule has 0 aliphatic heterocycles. The Hall–Kier alpha value is -1.87. The van der Waals surface area contributed by atoms with Gasteiger partial charge in [0.15, 0.2) is 0 Å². The van der Waals surface area contributed by atoms with Gasteiger partial charge in [0.1, 0.15) is 11.6 Å². The molecule has 2 nitrogen and oxygen atoms in total. The number of ether oxygens (including phenoxy) is 1. The Morgan fingerprint density at radius 3 is 2.79 bits per heavy atom. The van der Waals surface area contributed by atoms with Crippen LogP contribution in [-0.2, 0) is 0 Å². The van der Waals surface area contributed by atoms with Crippen molar-refractivity contribution in [2.45, 2.75) is 12.3 Å². The van der Waals surface area contributed by atoms with Gasteiger partial charge in [-0.1, -0.05) is 18.2 Å². The Morgan fingerprint density at radius 1 is 1.21 bits per heavy atom. The summed E-state index contributed by atoms with van der Waals surface area (Å²) in [6.45, 7) is 0.581. The molecule has 0 amide bonds. The van der Waals surface area contributed by atoms with Crippen LogP contribution in [0.4, 0.5) is 4.39 Å². The third kappa shape index (κ3) is 1.81. The molecule has 1 aliphatic carbocycles. The summed E-state index contributed by atoms with van der Waals surface area (Å²) in [4.78, 5) is 0. The van der Waals surface area contributed by atoms with Gasteiger partial charge in [-0.25, -0.2) is 4.39 Å². The van der Waals surface area contributed by atoms with E-state index in [1.54, 1.807) is 13.2 Å². The minimum absolute atomic E-state index is 0.167. The van der Waals surface area contributed by atoms with E-state index in [9.17, 15) is 4.39 Å². The van der Waals surface area contributed by atoms with Crippen LogP contribution in [0.25, 0.3) is 11.1 Å². The lowest BCUT2D eigenvalue weighted by Crippen LogP contribution is -2.06. The minimum atomic E-state index is -0.201. The molecule has 2 aromatic rings. The molecule has 1 unspecified atom stereocenters. The summed E-state index contributed by atoms with van der Waals surface area (Å²) in [5.74, 6) is 0.804. The molecule has 0 aromatic heterocycles. The number of benzene rings is 2. The van der Waals surface area contributed by atoms with Gasteiger partial charge in [-0.15, -0.1) is 0 Å². The van der Waals surface area contributed by atoms with E-state index in [2.05, 4.69) is 6.07 Å². The minimum Gasteiger partial charge on any atom is -0.496 e.